The molecule has 1 aliphatic heterocycles. The highest BCUT2D eigenvalue weighted by molar-refractivity contribution is 5.97. The number of aryl methyl sites for hydroxylation is 1. The summed E-state index contributed by atoms with van der Waals surface area (Å²) in [6, 6.07) is 8.29. The number of nitrogens with zero attached hydrogens (tertiary/aromatic N) is 2. The molecule has 1 amide bonds. The maximum atomic E-state index is 13.6. The quantitative estimate of drug-likeness (QED) is 0.762. The molecular weight excluding hydrogens is 307 g/mol. The second-order valence-corrected chi connectivity index (χ2v) is 5.86. The summed E-state index contributed by atoms with van der Waals surface area (Å²) >= 11 is 0. The van der Waals surface area contributed by atoms with Crippen LogP contribution in [-0.4, -0.2) is 27.4 Å². The van der Waals surface area contributed by atoms with E-state index in [4.69, 9.17) is 0 Å². The van der Waals surface area contributed by atoms with Crippen LogP contribution >= 0.6 is 0 Å². The lowest BCUT2D eigenvalue weighted by Gasteiger charge is -2.10. The Balaban J connectivity index is 1.77. The van der Waals surface area contributed by atoms with Gasteiger partial charge in [-0.1, -0.05) is 0 Å². The lowest BCUT2D eigenvalue weighted by atomic mass is 10.1. The molecule has 4 rings (SSSR count). The number of carbonyl (C=O) groups excluding carboxylic acids is 1. The molecule has 0 aliphatic carbocycles. The van der Waals surface area contributed by atoms with Gasteiger partial charge in [0, 0.05) is 30.4 Å². The van der Waals surface area contributed by atoms with Crippen molar-refractivity contribution in [2.24, 2.45) is 0 Å². The summed E-state index contributed by atoms with van der Waals surface area (Å²) in [5.41, 5.74) is 4.43. The zero-order chi connectivity index (χ0) is 16.7. The van der Waals surface area contributed by atoms with E-state index in [0.717, 1.165) is 23.4 Å². The molecule has 1 aromatic carbocycles. The summed E-state index contributed by atoms with van der Waals surface area (Å²) in [7, 11) is 0. The second kappa shape index (κ2) is 5.56. The van der Waals surface area contributed by atoms with Crippen LogP contribution in [0.4, 0.5) is 4.39 Å². The molecule has 1 aliphatic rings. The molecular formula is C18H15FN4O. The van der Waals surface area contributed by atoms with Gasteiger partial charge in [-0.05, 0) is 42.8 Å². The molecule has 6 heteroatoms. The van der Waals surface area contributed by atoms with Crippen LogP contribution in [0.15, 0.2) is 36.5 Å². The van der Waals surface area contributed by atoms with E-state index in [9.17, 15) is 9.18 Å². The fraction of sp³-hybridized carbons (Fsp3) is 0.167. The molecule has 0 saturated carbocycles. The number of hydrogen-bond donors (Lipinski definition) is 2. The molecule has 2 aromatic heterocycles. The highest BCUT2D eigenvalue weighted by Gasteiger charge is 2.20. The van der Waals surface area contributed by atoms with Gasteiger partial charge < -0.3 is 10.3 Å². The van der Waals surface area contributed by atoms with E-state index in [1.807, 2.05) is 13.0 Å². The number of H-pyrrole nitrogens is 1. The first-order valence-corrected chi connectivity index (χ1v) is 7.71. The van der Waals surface area contributed by atoms with Gasteiger partial charge in [0.15, 0.2) is 5.82 Å². The van der Waals surface area contributed by atoms with Gasteiger partial charge in [-0.3, -0.25) is 4.79 Å². The van der Waals surface area contributed by atoms with Crippen LogP contribution < -0.4 is 5.32 Å². The highest BCUT2D eigenvalue weighted by atomic mass is 19.1. The number of benzene rings is 1. The molecule has 5 nitrogen and oxygen atoms in total. The number of fused-ring (bicyclic) bond motifs is 1. The number of halogens is 1. The van der Waals surface area contributed by atoms with Gasteiger partial charge in [-0.15, -0.1) is 0 Å². The Bertz CT molecular complexity index is 928. The summed E-state index contributed by atoms with van der Waals surface area (Å²) in [6.07, 6.45) is 2.40. The van der Waals surface area contributed by atoms with Crippen LogP contribution in [0.3, 0.4) is 0 Å². The molecule has 0 fully saturated rings. The fourth-order valence-electron chi connectivity index (χ4n) is 2.94. The van der Waals surface area contributed by atoms with Crippen LogP contribution in [-0.2, 0) is 6.42 Å². The van der Waals surface area contributed by atoms with Crippen molar-refractivity contribution in [2.75, 3.05) is 6.54 Å². The number of carbonyl (C=O) groups is 1. The summed E-state index contributed by atoms with van der Waals surface area (Å²) in [6.45, 7) is 2.46. The van der Waals surface area contributed by atoms with E-state index >= 15 is 0 Å². The molecule has 0 atom stereocenters. The first-order chi connectivity index (χ1) is 11.6. The summed E-state index contributed by atoms with van der Waals surface area (Å²) in [4.78, 5) is 23.9. The summed E-state index contributed by atoms with van der Waals surface area (Å²) < 4.78 is 13.6. The van der Waals surface area contributed by atoms with Crippen LogP contribution in [0.2, 0.25) is 0 Å². The monoisotopic (exact) mass is 322 g/mol. The minimum atomic E-state index is -0.314. The van der Waals surface area contributed by atoms with Crippen LogP contribution in [0.5, 0.6) is 0 Å². The fourth-order valence-corrected chi connectivity index (χ4v) is 2.94. The maximum Gasteiger partial charge on any atom is 0.253 e. The third-order valence-corrected chi connectivity index (χ3v) is 4.04. The molecule has 0 radical (unpaired) electrons. The van der Waals surface area contributed by atoms with Crippen molar-refractivity contribution in [2.45, 2.75) is 13.3 Å². The number of aromatic nitrogens is 3. The van der Waals surface area contributed by atoms with Crippen LogP contribution in [0, 0.1) is 12.7 Å². The van der Waals surface area contributed by atoms with Crippen molar-refractivity contribution in [1.29, 1.82) is 0 Å². The Morgan fingerprint density at radius 1 is 1.21 bits per heavy atom. The van der Waals surface area contributed by atoms with Gasteiger partial charge in [0.2, 0.25) is 0 Å². The normalized spacial score (nSPS) is 13.5. The van der Waals surface area contributed by atoms with E-state index in [2.05, 4.69) is 20.3 Å². The van der Waals surface area contributed by atoms with E-state index in [1.54, 1.807) is 18.3 Å². The number of nitrogens with one attached hydrogen (secondary N) is 2. The average molecular weight is 322 g/mol. The van der Waals surface area contributed by atoms with Crippen molar-refractivity contribution in [1.82, 2.24) is 20.3 Å². The van der Waals surface area contributed by atoms with E-state index in [1.165, 1.54) is 12.1 Å². The molecule has 120 valence electrons. The Labute approximate surface area is 138 Å². The van der Waals surface area contributed by atoms with Gasteiger partial charge in [0.25, 0.3) is 5.91 Å². The predicted molar refractivity (Wildman–Crippen MR) is 88.0 cm³/mol. The van der Waals surface area contributed by atoms with Gasteiger partial charge in [0.05, 0.1) is 17.0 Å². The molecule has 0 bridgehead atoms. The molecule has 2 N–H and O–H groups in total. The van der Waals surface area contributed by atoms with Crippen molar-refractivity contribution in [3.05, 3.63) is 59.2 Å². The molecule has 24 heavy (non-hydrogen) atoms. The lowest BCUT2D eigenvalue weighted by Crippen LogP contribution is -2.31. The van der Waals surface area contributed by atoms with Gasteiger partial charge in [-0.2, -0.15) is 0 Å². The van der Waals surface area contributed by atoms with E-state index < -0.39 is 0 Å². The van der Waals surface area contributed by atoms with Crippen molar-refractivity contribution in [3.63, 3.8) is 0 Å². The molecule has 0 unspecified atom stereocenters. The molecule has 3 aromatic rings. The zero-order valence-corrected chi connectivity index (χ0v) is 13.1. The maximum absolute atomic E-state index is 13.6. The summed E-state index contributed by atoms with van der Waals surface area (Å²) in [5, 5.41) is 2.82. The highest BCUT2D eigenvalue weighted by Crippen LogP contribution is 2.25. The van der Waals surface area contributed by atoms with Gasteiger partial charge >= 0.3 is 0 Å². The minimum Gasteiger partial charge on any atom is -0.356 e. The summed E-state index contributed by atoms with van der Waals surface area (Å²) in [5.74, 6) is 0.0620. The number of hydrogen-bond acceptors (Lipinski definition) is 3. The smallest absolute Gasteiger partial charge is 0.253 e. The molecule has 0 saturated heterocycles. The number of rotatable bonds is 2. The molecule has 3 heterocycles. The van der Waals surface area contributed by atoms with E-state index in [-0.39, 0.29) is 11.7 Å². The van der Waals surface area contributed by atoms with Crippen molar-refractivity contribution in [3.8, 4) is 22.8 Å². The lowest BCUT2D eigenvalue weighted by molar-refractivity contribution is 0.0946. The Morgan fingerprint density at radius 3 is 2.88 bits per heavy atom. The zero-order valence-electron chi connectivity index (χ0n) is 13.1. The minimum absolute atomic E-state index is 0.0752. The van der Waals surface area contributed by atoms with E-state index in [0.29, 0.717) is 29.2 Å². The number of aromatic amines is 1. The van der Waals surface area contributed by atoms with Crippen molar-refractivity contribution >= 4 is 5.91 Å². The van der Waals surface area contributed by atoms with Gasteiger partial charge in [0.1, 0.15) is 5.82 Å². The van der Waals surface area contributed by atoms with Crippen LogP contribution in [0.1, 0.15) is 21.6 Å². The van der Waals surface area contributed by atoms with Crippen LogP contribution in [0.25, 0.3) is 22.8 Å². The third-order valence-electron chi connectivity index (χ3n) is 4.04. The van der Waals surface area contributed by atoms with Gasteiger partial charge in [-0.25, -0.2) is 14.4 Å². The predicted octanol–water partition coefficient (Wildman–Crippen LogP) is 2.87. The first-order valence-electron chi connectivity index (χ1n) is 7.71. The molecule has 0 spiro atoms. The third kappa shape index (κ3) is 2.56. The standard InChI is InChI=1S/C18H15FN4O/c1-10-6-11(8-12(19)7-10)17-20-4-3-15(23-17)16-9-13-14(22-16)2-5-21-18(13)24/h3-4,6-9,22H,2,5H2,1H3,(H,21,24). The SMILES string of the molecule is Cc1cc(F)cc(-c2nccc(-c3cc4c([nH]3)CCNC4=O)n2)c1. The Morgan fingerprint density at radius 2 is 2.08 bits per heavy atom. The Kier molecular flexibility index (Phi) is 3.37. The first kappa shape index (κ1) is 14.6. The van der Waals surface area contributed by atoms with Crippen molar-refractivity contribution < 1.29 is 9.18 Å². The second-order valence-electron chi connectivity index (χ2n) is 5.86. The topological polar surface area (TPSA) is 70.7 Å². The number of amides is 1. The average Bonchev–Trinajstić information content (AvgIpc) is 3.00. The largest absolute Gasteiger partial charge is 0.356 e. The Hall–Kier alpha value is -3.02.